The van der Waals surface area contributed by atoms with E-state index in [0.29, 0.717) is 18.8 Å². The smallest absolute Gasteiger partial charge is 0.207 e. The molecule has 0 aromatic carbocycles. The molecule has 2 heteroatoms. The molecule has 0 saturated heterocycles. The van der Waals surface area contributed by atoms with Gasteiger partial charge in [-0.3, -0.25) is 0 Å². The van der Waals surface area contributed by atoms with Crippen molar-refractivity contribution in [3.8, 4) is 0 Å². The summed E-state index contributed by atoms with van der Waals surface area (Å²) < 4.78 is 26.5. The van der Waals surface area contributed by atoms with Gasteiger partial charge in [0.25, 0.3) is 5.92 Å². The quantitative estimate of drug-likeness (QED) is 0.599. The third kappa shape index (κ3) is 2.43. The maximum atomic E-state index is 13.2. The predicted molar refractivity (Wildman–Crippen MR) is 46.4 cm³/mol. The van der Waals surface area contributed by atoms with Crippen LogP contribution in [-0.2, 0) is 0 Å². The Hall–Kier alpha value is -0.140. The molecule has 1 saturated carbocycles. The third-order valence-corrected chi connectivity index (χ3v) is 2.67. The van der Waals surface area contributed by atoms with Crippen LogP contribution in [0.1, 0.15) is 46.0 Å². The molecule has 1 aliphatic rings. The lowest BCUT2D eigenvalue weighted by molar-refractivity contribution is -0.0917. The van der Waals surface area contributed by atoms with E-state index in [0.717, 1.165) is 12.8 Å². The number of alkyl halides is 2. The topological polar surface area (TPSA) is 0 Å². The fourth-order valence-corrected chi connectivity index (χ4v) is 2.03. The molecular weight excluding hydrogens is 158 g/mol. The first kappa shape index (κ1) is 9.94. The molecule has 1 atom stereocenters. The summed E-state index contributed by atoms with van der Waals surface area (Å²) in [5, 5.41) is 0. The zero-order valence-corrected chi connectivity index (χ0v) is 7.95. The van der Waals surface area contributed by atoms with Crippen molar-refractivity contribution in [1.29, 1.82) is 0 Å². The van der Waals surface area contributed by atoms with Crippen LogP contribution in [0, 0.1) is 11.8 Å². The van der Waals surface area contributed by atoms with Crippen molar-refractivity contribution in [2.75, 3.05) is 0 Å². The zero-order chi connectivity index (χ0) is 9.19. The van der Waals surface area contributed by atoms with E-state index in [1.807, 2.05) is 13.8 Å². The molecule has 12 heavy (non-hydrogen) atoms. The molecule has 1 fully saturated rings. The van der Waals surface area contributed by atoms with Crippen LogP contribution in [0.4, 0.5) is 8.78 Å². The zero-order valence-electron chi connectivity index (χ0n) is 7.95. The van der Waals surface area contributed by atoms with Gasteiger partial charge in [0.2, 0.25) is 0 Å². The molecule has 72 valence electrons. The van der Waals surface area contributed by atoms with Crippen molar-refractivity contribution in [2.45, 2.75) is 51.9 Å². The lowest BCUT2D eigenvalue weighted by Gasteiger charge is -2.32. The Balaban J connectivity index is 2.48. The van der Waals surface area contributed by atoms with Crippen molar-refractivity contribution in [3.63, 3.8) is 0 Å². The van der Waals surface area contributed by atoms with E-state index in [1.165, 1.54) is 0 Å². The van der Waals surface area contributed by atoms with Gasteiger partial charge in [0.1, 0.15) is 0 Å². The van der Waals surface area contributed by atoms with Gasteiger partial charge >= 0.3 is 0 Å². The minimum Gasteiger partial charge on any atom is -0.207 e. The average Bonchev–Trinajstić information content (AvgIpc) is 1.92. The molecule has 0 radical (unpaired) electrons. The maximum Gasteiger partial charge on any atom is 0.250 e. The second-order valence-electron chi connectivity index (χ2n) is 4.33. The van der Waals surface area contributed by atoms with Crippen molar-refractivity contribution < 1.29 is 8.78 Å². The number of rotatable bonds is 2. The number of halogens is 2. The lowest BCUT2D eigenvalue weighted by atomic mass is 9.81. The Morgan fingerprint density at radius 1 is 1.33 bits per heavy atom. The highest BCUT2D eigenvalue weighted by molar-refractivity contribution is 4.82. The van der Waals surface area contributed by atoms with Crippen LogP contribution in [-0.4, -0.2) is 5.92 Å². The maximum absolute atomic E-state index is 13.2. The Kier molecular flexibility index (Phi) is 3.08. The van der Waals surface area contributed by atoms with Crippen molar-refractivity contribution in [2.24, 2.45) is 11.8 Å². The van der Waals surface area contributed by atoms with E-state index in [9.17, 15) is 8.78 Å². The summed E-state index contributed by atoms with van der Waals surface area (Å²) in [6, 6.07) is 0. The summed E-state index contributed by atoms with van der Waals surface area (Å²) in [6.45, 7) is 4.04. The van der Waals surface area contributed by atoms with Gasteiger partial charge in [0.05, 0.1) is 0 Å². The highest BCUT2D eigenvalue weighted by Crippen LogP contribution is 2.41. The van der Waals surface area contributed by atoms with Gasteiger partial charge in [0.15, 0.2) is 0 Å². The van der Waals surface area contributed by atoms with E-state index in [-0.39, 0.29) is 12.3 Å². The first-order valence-electron chi connectivity index (χ1n) is 4.90. The summed E-state index contributed by atoms with van der Waals surface area (Å²) in [4.78, 5) is 0. The summed E-state index contributed by atoms with van der Waals surface area (Å²) in [5.41, 5.74) is 0. The van der Waals surface area contributed by atoms with Gasteiger partial charge in [-0.05, 0) is 25.2 Å². The number of hydrogen-bond acceptors (Lipinski definition) is 0. The van der Waals surface area contributed by atoms with Crippen molar-refractivity contribution >= 4 is 0 Å². The molecule has 0 spiro atoms. The molecule has 1 rings (SSSR count). The van der Waals surface area contributed by atoms with Gasteiger partial charge in [-0.2, -0.15) is 0 Å². The minimum atomic E-state index is -2.37. The Morgan fingerprint density at radius 3 is 2.50 bits per heavy atom. The Labute approximate surface area is 73.3 Å². The summed E-state index contributed by atoms with van der Waals surface area (Å²) >= 11 is 0. The second kappa shape index (κ2) is 3.71. The monoisotopic (exact) mass is 176 g/mol. The van der Waals surface area contributed by atoms with Gasteiger partial charge in [-0.15, -0.1) is 0 Å². The highest BCUT2D eigenvalue weighted by Gasteiger charge is 2.40. The van der Waals surface area contributed by atoms with Crippen LogP contribution in [0.2, 0.25) is 0 Å². The predicted octanol–water partition coefficient (Wildman–Crippen LogP) is 3.86. The van der Waals surface area contributed by atoms with E-state index >= 15 is 0 Å². The third-order valence-electron chi connectivity index (χ3n) is 2.67. The second-order valence-corrected chi connectivity index (χ2v) is 4.33. The minimum absolute atomic E-state index is 0.115. The first-order chi connectivity index (χ1) is 5.52. The largest absolute Gasteiger partial charge is 0.250 e. The molecule has 0 aliphatic heterocycles. The van der Waals surface area contributed by atoms with Crippen LogP contribution < -0.4 is 0 Å². The Bertz CT molecular complexity index is 141. The molecule has 0 N–H and O–H groups in total. The molecule has 0 aromatic heterocycles. The molecule has 0 amide bonds. The normalized spacial score (nSPS) is 29.2. The molecular formula is C10H18F2. The lowest BCUT2D eigenvalue weighted by Crippen LogP contribution is -2.32. The van der Waals surface area contributed by atoms with Gasteiger partial charge in [-0.1, -0.05) is 20.3 Å². The van der Waals surface area contributed by atoms with Crippen molar-refractivity contribution in [1.82, 2.24) is 0 Å². The van der Waals surface area contributed by atoms with Crippen LogP contribution in [0.25, 0.3) is 0 Å². The molecule has 1 unspecified atom stereocenters. The van der Waals surface area contributed by atoms with Gasteiger partial charge in [0, 0.05) is 12.3 Å². The van der Waals surface area contributed by atoms with E-state index < -0.39 is 5.92 Å². The Morgan fingerprint density at radius 2 is 2.00 bits per heavy atom. The fourth-order valence-electron chi connectivity index (χ4n) is 2.03. The molecule has 0 nitrogen and oxygen atoms in total. The van der Waals surface area contributed by atoms with Crippen molar-refractivity contribution in [3.05, 3.63) is 0 Å². The van der Waals surface area contributed by atoms with Crippen LogP contribution in [0.3, 0.4) is 0 Å². The molecule has 0 aromatic rings. The summed E-state index contributed by atoms with van der Waals surface area (Å²) in [6.07, 6.45) is 3.23. The van der Waals surface area contributed by atoms with Crippen LogP contribution >= 0.6 is 0 Å². The fraction of sp³-hybridized carbons (Fsp3) is 1.00. The average molecular weight is 176 g/mol. The van der Waals surface area contributed by atoms with E-state index in [4.69, 9.17) is 0 Å². The van der Waals surface area contributed by atoms with Crippen LogP contribution in [0.5, 0.6) is 0 Å². The highest BCUT2D eigenvalue weighted by atomic mass is 19.3. The number of hydrogen-bond donors (Lipinski definition) is 0. The first-order valence-corrected chi connectivity index (χ1v) is 4.90. The molecule has 0 heterocycles. The SMILES string of the molecule is CC(C)CC1CCCCC1(F)F. The standard InChI is InChI=1S/C10H18F2/c1-8(2)7-9-5-3-4-6-10(9,11)12/h8-9H,3-7H2,1-2H3. The molecule has 0 bridgehead atoms. The van der Waals surface area contributed by atoms with E-state index in [1.54, 1.807) is 0 Å². The molecule has 1 aliphatic carbocycles. The van der Waals surface area contributed by atoms with E-state index in [2.05, 4.69) is 0 Å². The van der Waals surface area contributed by atoms with Crippen LogP contribution in [0.15, 0.2) is 0 Å². The van der Waals surface area contributed by atoms with Gasteiger partial charge < -0.3 is 0 Å². The summed E-state index contributed by atoms with van der Waals surface area (Å²) in [5.74, 6) is -2.31. The summed E-state index contributed by atoms with van der Waals surface area (Å²) in [7, 11) is 0. The van der Waals surface area contributed by atoms with Gasteiger partial charge in [-0.25, -0.2) is 8.78 Å².